The van der Waals surface area contributed by atoms with Crippen LogP contribution in [0.5, 0.6) is 0 Å². The lowest BCUT2D eigenvalue weighted by molar-refractivity contribution is 0.316. The van der Waals surface area contributed by atoms with Gasteiger partial charge in [0, 0.05) is 40.9 Å². The maximum atomic E-state index is 2.76. The Labute approximate surface area is 488 Å². The minimum Gasteiger partial charge on any atom is -0.345 e. The number of allylic oxidation sites excluding steroid dienone is 10. The maximum Gasteiger partial charge on any atom is 0.0711 e. The lowest BCUT2D eigenvalue weighted by Gasteiger charge is -2.45. The van der Waals surface area contributed by atoms with Crippen LogP contribution in [0.3, 0.4) is 0 Å². The average molecular weight is 1070 g/mol. The van der Waals surface area contributed by atoms with Crippen molar-refractivity contribution in [1.29, 1.82) is 0 Å². The van der Waals surface area contributed by atoms with E-state index in [1.54, 1.807) is 33.4 Å². The van der Waals surface area contributed by atoms with Gasteiger partial charge in [0.1, 0.15) is 0 Å². The Morgan fingerprint density at radius 1 is 0.530 bits per heavy atom. The fourth-order valence-electron chi connectivity index (χ4n) is 19.1. The van der Waals surface area contributed by atoms with Crippen LogP contribution < -0.4 is 14.7 Å². The van der Waals surface area contributed by atoms with E-state index in [2.05, 4.69) is 245 Å². The number of para-hydroxylation sites is 6. The zero-order chi connectivity index (χ0) is 54.2. The normalized spacial score (nSPS) is 25.5. The third-order valence-electron chi connectivity index (χ3n) is 22.2. The van der Waals surface area contributed by atoms with Crippen LogP contribution in [0.1, 0.15) is 114 Å². The molecule has 9 aliphatic carbocycles. The minimum absolute atomic E-state index is 0.0696. The largest absolute Gasteiger partial charge is 0.345 e. The number of hydrogen-bond acceptors (Lipinski definition) is 3. The van der Waals surface area contributed by atoms with Crippen LogP contribution in [0.15, 0.2) is 246 Å². The van der Waals surface area contributed by atoms with Gasteiger partial charge in [-0.3, -0.25) is 0 Å². The van der Waals surface area contributed by atoms with Crippen molar-refractivity contribution in [2.75, 3.05) is 21.2 Å². The number of rotatable bonds is 5. The molecule has 0 N–H and O–H groups in total. The molecule has 0 saturated heterocycles. The summed E-state index contributed by atoms with van der Waals surface area (Å²) in [4.78, 5) is 7.92. The predicted molar refractivity (Wildman–Crippen MR) is 343 cm³/mol. The standard InChI is InChI=1S/C80H65N3/c1-2-21-54(22-3-1)82-73-32-14-16-34-75(73)83(76-35-17-15-33-74(76)82)78-45-44-63-62-42-39-52(48-69(62)80(77(63)71(78)50-78)66-29-11-7-25-58(66)59-26-8-12-30-67(59)80)37-36-51-38-41-60-61-43-40-55(81-46-18-20-53-19-4-13-31-72(53)81)49-70(61)79(68(60)47-51)64-27-9-5-23-56(64)57-24-6-10-28-65(57)79/h1-5,7-8,11-17,19,21-23,25-26,29-39,41-42,44-45,47-49,56,64,71H,6,9-10,18,20,24,27-28,40,43,46,50H2/b37-36+/t56?,64?,71?,78-,79?/m0/s1. The Morgan fingerprint density at radius 2 is 1.19 bits per heavy atom. The molecule has 2 aliphatic heterocycles. The summed E-state index contributed by atoms with van der Waals surface area (Å²) in [5.74, 6) is 1.40. The second-order valence-corrected chi connectivity index (χ2v) is 25.7. The fourth-order valence-corrected chi connectivity index (χ4v) is 19.1. The SMILES string of the molecule is C1=CC2C3=C(CCCC3)C3(C4=C(CCC(N5CCCc6ccccc65)=C4)c4ccc(/C=C/c5ccc6c(c5)C5(C7=C6C=C[C@]6(N8c9ccccc9N(c9ccccc9)c9ccccc98)CC76)c6ccccc6-c6ccccc65)cc43)C2CC1. The maximum absolute atomic E-state index is 2.76. The van der Waals surface area contributed by atoms with Gasteiger partial charge in [-0.2, -0.15) is 0 Å². The first kappa shape index (κ1) is 46.9. The molecule has 8 aromatic carbocycles. The quantitative estimate of drug-likeness (QED) is 0.126. The minimum atomic E-state index is -0.435. The molecule has 1 saturated carbocycles. The monoisotopic (exact) mass is 1070 g/mol. The number of aryl methyl sites for hydroxylation is 1. The lowest BCUT2D eigenvalue weighted by Crippen LogP contribution is -2.40. The van der Waals surface area contributed by atoms with E-state index in [1.165, 1.54) is 152 Å². The molecule has 8 aromatic rings. The van der Waals surface area contributed by atoms with Crippen molar-refractivity contribution in [3.05, 3.63) is 296 Å². The first-order chi connectivity index (χ1) is 41.1. The van der Waals surface area contributed by atoms with Gasteiger partial charge in [-0.25, -0.2) is 0 Å². The van der Waals surface area contributed by atoms with Crippen molar-refractivity contribution in [3.8, 4) is 11.1 Å². The molecule has 11 aliphatic rings. The Hall–Kier alpha value is -8.66. The van der Waals surface area contributed by atoms with E-state index in [0.29, 0.717) is 11.8 Å². The molecule has 3 heteroatoms. The molecule has 1 fully saturated rings. The summed E-state index contributed by atoms with van der Waals surface area (Å²) in [7, 11) is 0. The molecule has 2 heterocycles. The third-order valence-corrected chi connectivity index (χ3v) is 22.2. The second-order valence-electron chi connectivity index (χ2n) is 25.7. The molecule has 0 bridgehead atoms. The van der Waals surface area contributed by atoms with Gasteiger partial charge in [-0.15, -0.1) is 0 Å². The smallest absolute Gasteiger partial charge is 0.0711 e. The van der Waals surface area contributed by atoms with Crippen LogP contribution in [0.4, 0.5) is 34.1 Å². The van der Waals surface area contributed by atoms with Gasteiger partial charge in [0.2, 0.25) is 0 Å². The number of hydrogen-bond donors (Lipinski definition) is 0. The Morgan fingerprint density at radius 3 is 1.96 bits per heavy atom. The number of benzene rings is 8. The Balaban J connectivity index is 0.734. The van der Waals surface area contributed by atoms with E-state index in [1.807, 2.05) is 0 Å². The molecule has 4 unspecified atom stereocenters. The zero-order valence-electron chi connectivity index (χ0n) is 47.0. The van der Waals surface area contributed by atoms with Gasteiger partial charge in [0.05, 0.1) is 33.7 Å². The molecular formula is C80H65N3. The predicted octanol–water partition coefficient (Wildman–Crippen LogP) is 19.5. The molecule has 83 heavy (non-hydrogen) atoms. The third kappa shape index (κ3) is 6.10. The summed E-state index contributed by atoms with van der Waals surface area (Å²) < 4.78 is 0. The van der Waals surface area contributed by atoms with Crippen LogP contribution in [-0.2, 0) is 17.3 Å². The van der Waals surface area contributed by atoms with Gasteiger partial charge < -0.3 is 14.7 Å². The van der Waals surface area contributed by atoms with Crippen LogP contribution in [0.25, 0.3) is 34.4 Å². The average Bonchev–Trinajstić information content (AvgIpc) is 1.52. The highest BCUT2D eigenvalue weighted by atomic mass is 15.3. The number of nitrogens with zero attached hydrogens (tertiary/aromatic N) is 3. The first-order valence-electron chi connectivity index (χ1n) is 31.3. The molecule has 0 aromatic heterocycles. The van der Waals surface area contributed by atoms with Gasteiger partial charge in [-0.1, -0.05) is 181 Å². The molecule has 2 spiro atoms. The molecule has 0 amide bonds. The van der Waals surface area contributed by atoms with Crippen molar-refractivity contribution < 1.29 is 0 Å². The molecule has 3 nitrogen and oxygen atoms in total. The van der Waals surface area contributed by atoms with E-state index in [4.69, 9.17) is 0 Å². The van der Waals surface area contributed by atoms with Gasteiger partial charge in [-0.05, 0) is 221 Å². The van der Waals surface area contributed by atoms with Crippen molar-refractivity contribution in [2.45, 2.75) is 87.0 Å². The highest BCUT2D eigenvalue weighted by Crippen LogP contribution is 2.74. The van der Waals surface area contributed by atoms with Crippen molar-refractivity contribution in [2.24, 2.45) is 17.8 Å². The van der Waals surface area contributed by atoms with E-state index in [-0.39, 0.29) is 16.9 Å². The van der Waals surface area contributed by atoms with Crippen LogP contribution in [0, 0.1) is 17.8 Å². The molecular weight excluding hydrogens is 1000 g/mol. The summed E-state index contributed by atoms with van der Waals surface area (Å²) >= 11 is 0. The molecule has 19 rings (SSSR count). The lowest BCUT2D eigenvalue weighted by atomic mass is 9.61. The van der Waals surface area contributed by atoms with Crippen LogP contribution in [0.2, 0.25) is 0 Å². The van der Waals surface area contributed by atoms with Crippen molar-refractivity contribution >= 4 is 57.4 Å². The van der Waals surface area contributed by atoms with Crippen LogP contribution >= 0.6 is 0 Å². The molecule has 0 radical (unpaired) electrons. The zero-order valence-corrected chi connectivity index (χ0v) is 47.0. The highest BCUT2D eigenvalue weighted by Gasteiger charge is 2.68. The van der Waals surface area contributed by atoms with Crippen molar-refractivity contribution in [3.63, 3.8) is 0 Å². The topological polar surface area (TPSA) is 9.72 Å². The number of fused-ring (bicyclic) bond motifs is 22. The second kappa shape index (κ2) is 17.2. The Bertz CT molecular complexity index is 4310. The van der Waals surface area contributed by atoms with Crippen molar-refractivity contribution in [1.82, 2.24) is 0 Å². The summed E-state index contributed by atoms with van der Waals surface area (Å²) in [6, 6.07) is 72.4. The summed E-state index contributed by atoms with van der Waals surface area (Å²) in [5, 5.41) is 0. The Kier molecular flexibility index (Phi) is 9.72. The van der Waals surface area contributed by atoms with Gasteiger partial charge in [0.25, 0.3) is 0 Å². The van der Waals surface area contributed by atoms with E-state index < -0.39 is 5.41 Å². The highest BCUT2D eigenvalue weighted by molar-refractivity contribution is 6.03. The fraction of sp³-hybridized carbons (Fsp3) is 0.225. The molecule has 5 atom stereocenters. The molecule has 400 valence electrons. The van der Waals surface area contributed by atoms with Gasteiger partial charge >= 0.3 is 0 Å². The first-order valence-corrected chi connectivity index (χ1v) is 31.3. The van der Waals surface area contributed by atoms with E-state index in [0.717, 1.165) is 25.8 Å². The van der Waals surface area contributed by atoms with Gasteiger partial charge in [0.15, 0.2) is 0 Å². The van der Waals surface area contributed by atoms with Crippen LogP contribution in [-0.4, -0.2) is 12.1 Å². The van der Waals surface area contributed by atoms with E-state index >= 15 is 0 Å². The summed E-state index contributed by atoms with van der Waals surface area (Å²) in [5.41, 5.74) is 33.8. The van der Waals surface area contributed by atoms with E-state index in [9.17, 15) is 0 Å². The number of anilines is 6. The summed E-state index contributed by atoms with van der Waals surface area (Å²) in [6.45, 7) is 1.11. The summed E-state index contributed by atoms with van der Waals surface area (Å²) in [6.07, 6.45) is 31.2.